The molecule has 0 amide bonds. The van der Waals surface area contributed by atoms with Gasteiger partial charge in [-0.15, -0.1) is 11.3 Å². The average Bonchev–Trinajstić information content (AvgIpc) is 3.15. The number of fused-ring (bicyclic) bond motifs is 1. The molecule has 4 aromatic rings. The Labute approximate surface area is 153 Å². The molecule has 6 heteroatoms. The quantitative estimate of drug-likeness (QED) is 0.487. The van der Waals surface area contributed by atoms with Gasteiger partial charge in [0.15, 0.2) is 11.3 Å². The van der Waals surface area contributed by atoms with E-state index in [0.29, 0.717) is 29.2 Å². The fourth-order valence-electron chi connectivity index (χ4n) is 2.62. The zero-order valence-corrected chi connectivity index (χ0v) is 14.8. The first kappa shape index (κ1) is 16.4. The molecule has 130 valence electrons. The summed E-state index contributed by atoms with van der Waals surface area (Å²) in [5.41, 5.74) is 1.00. The largest absolute Gasteiger partial charge is 0.493 e. The zero-order valence-electron chi connectivity index (χ0n) is 14.0. The lowest BCUT2D eigenvalue weighted by Gasteiger charge is -2.04. The van der Waals surface area contributed by atoms with E-state index in [-0.39, 0.29) is 0 Å². The van der Waals surface area contributed by atoms with Crippen LogP contribution in [0.2, 0.25) is 0 Å². The normalized spacial score (nSPS) is 10.8. The van der Waals surface area contributed by atoms with E-state index >= 15 is 0 Å². The molecule has 2 aromatic carbocycles. The zero-order chi connectivity index (χ0) is 17.9. The third-order valence-electron chi connectivity index (χ3n) is 3.88. The second kappa shape index (κ2) is 7.01. The van der Waals surface area contributed by atoms with Gasteiger partial charge in [0.25, 0.3) is 0 Å². The van der Waals surface area contributed by atoms with Gasteiger partial charge in [0.05, 0.1) is 18.4 Å². The highest BCUT2D eigenvalue weighted by molar-refractivity contribution is 7.09. The first-order chi connectivity index (χ1) is 12.7. The number of methoxy groups -OCH3 is 1. The predicted molar refractivity (Wildman–Crippen MR) is 101 cm³/mol. The molecule has 2 aromatic heterocycles. The molecular formula is C20H15NO4S. The number of hydrogen-bond donors (Lipinski definition) is 0. The maximum absolute atomic E-state index is 12.4. The van der Waals surface area contributed by atoms with Gasteiger partial charge in [-0.25, -0.2) is 9.78 Å². The SMILES string of the molecule is COc1cccc2cc(-c3csc(COc4ccccc4)n3)c(=O)oc12. The number of ether oxygens (including phenoxy) is 2. The number of benzene rings is 2. The fraction of sp³-hybridized carbons (Fsp3) is 0.100. The second-order valence-electron chi connectivity index (χ2n) is 5.55. The summed E-state index contributed by atoms with van der Waals surface area (Å²) in [6, 6.07) is 16.8. The summed E-state index contributed by atoms with van der Waals surface area (Å²) in [6.45, 7) is 0.349. The van der Waals surface area contributed by atoms with Crippen molar-refractivity contribution >= 4 is 22.3 Å². The van der Waals surface area contributed by atoms with Crippen molar-refractivity contribution in [2.45, 2.75) is 6.61 Å². The van der Waals surface area contributed by atoms with Crippen molar-refractivity contribution in [3.05, 3.63) is 75.4 Å². The van der Waals surface area contributed by atoms with Crippen molar-refractivity contribution in [3.63, 3.8) is 0 Å². The topological polar surface area (TPSA) is 61.6 Å². The molecule has 4 rings (SSSR count). The van der Waals surface area contributed by atoms with Crippen LogP contribution in [0.4, 0.5) is 0 Å². The molecule has 0 aliphatic heterocycles. The van der Waals surface area contributed by atoms with E-state index in [0.717, 1.165) is 16.1 Å². The number of nitrogens with zero attached hydrogens (tertiary/aromatic N) is 1. The maximum Gasteiger partial charge on any atom is 0.345 e. The standard InChI is InChI=1S/C20H15NO4S/c1-23-17-9-5-6-13-10-15(20(22)25-19(13)17)16-12-26-18(21-16)11-24-14-7-3-2-4-8-14/h2-10,12H,11H2,1H3. The Morgan fingerprint density at radius 3 is 2.77 bits per heavy atom. The molecule has 0 saturated carbocycles. The monoisotopic (exact) mass is 365 g/mol. The first-order valence-corrected chi connectivity index (χ1v) is 8.86. The van der Waals surface area contributed by atoms with E-state index in [9.17, 15) is 4.79 Å². The number of aromatic nitrogens is 1. The Morgan fingerprint density at radius 2 is 1.96 bits per heavy atom. The van der Waals surface area contributed by atoms with Crippen LogP contribution >= 0.6 is 11.3 Å². The van der Waals surface area contributed by atoms with Crippen LogP contribution in [0.15, 0.2) is 69.2 Å². The minimum Gasteiger partial charge on any atom is -0.493 e. The number of thiazole rings is 1. The van der Waals surface area contributed by atoms with Gasteiger partial charge < -0.3 is 13.9 Å². The number of para-hydroxylation sites is 2. The first-order valence-electron chi connectivity index (χ1n) is 7.98. The van der Waals surface area contributed by atoms with Gasteiger partial charge in [0, 0.05) is 10.8 Å². The van der Waals surface area contributed by atoms with Crippen LogP contribution in [0, 0.1) is 0 Å². The molecule has 0 spiro atoms. The maximum atomic E-state index is 12.4. The molecule has 0 unspecified atom stereocenters. The summed E-state index contributed by atoms with van der Waals surface area (Å²) in [5, 5.41) is 3.41. The highest BCUT2D eigenvalue weighted by Gasteiger charge is 2.14. The molecule has 0 fully saturated rings. The van der Waals surface area contributed by atoms with E-state index < -0.39 is 5.63 Å². The molecule has 0 radical (unpaired) electrons. The van der Waals surface area contributed by atoms with Gasteiger partial charge in [-0.2, -0.15) is 0 Å². The highest BCUT2D eigenvalue weighted by Crippen LogP contribution is 2.28. The van der Waals surface area contributed by atoms with E-state index in [1.165, 1.54) is 11.3 Å². The molecule has 0 saturated heterocycles. The molecule has 5 nitrogen and oxygen atoms in total. The summed E-state index contributed by atoms with van der Waals surface area (Å²) in [5.74, 6) is 1.31. The highest BCUT2D eigenvalue weighted by atomic mass is 32.1. The minimum absolute atomic E-state index is 0.349. The van der Waals surface area contributed by atoms with Crippen molar-refractivity contribution in [2.75, 3.05) is 7.11 Å². The van der Waals surface area contributed by atoms with E-state index in [1.54, 1.807) is 19.2 Å². The van der Waals surface area contributed by atoms with Gasteiger partial charge in [0.2, 0.25) is 0 Å². The molecule has 0 bridgehead atoms. The third kappa shape index (κ3) is 3.19. The Bertz CT molecular complexity index is 1100. The Balaban J connectivity index is 1.63. The summed E-state index contributed by atoms with van der Waals surface area (Å²) in [6.07, 6.45) is 0. The third-order valence-corrected chi connectivity index (χ3v) is 4.70. The molecule has 2 heterocycles. The molecule has 0 atom stereocenters. The smallest absolute Gasteiger partial charge is 0.345 e. The van der Waals surface area contributed by atoms with Crippen LogP contribution in [0.3, 0.4) is 0 Å². The van der Waals surface area contributed by atoms with Crippen LogP contribution in [-0.4, -0.2) is 12.1 Å². The average molecular weight is 365 g/mol. The molecule has 0 N–H and O–H groups in total. The van der Waals surface area contributed by atoms with Gasteiger partial charge in [-0.05, 0) is 24.3 Å². The van der Waals surface area contributed by atoms with Gasteiger partial charge in [-0.3, -0.25) is 0 Å². The van der Waals surface area contributed by atoms with Crippen molar-refractivity contribution < 1.29 is 13.9 Å². The van der Waals surface area contributed by atoms with Crippen molar-refractivity contribution in [2.24, 2.45) is 0 Å². The van der Waals surface area contributed by atoms with Crippen LogP contribution < -0.4 is 15.1 Å². The fourth-order valence-corrected chi connectivity index (χ4v) is 3.33. The van der Waals surface area contributed by atoms with E-state index in [4.69, 9.17) is 13.9 Å². The van der Waals surface area contributed by atoms with Crippen LogP contribution in [0.5, 0.6) is 11.5 Å². The molecule has 26 heavy (non-hydrogen) atoms. The van der Waals surface area contributed by atoms with Crippen molar-refractivity contribution in [3.8, 4) is 22.8 Å². The lowest BCUT2D eigenvalue weighted by Crippen LogP contribution is -2.04. The van der Waals surface area contributed by atoms with Crippen LogP contribution in [-0.2, 0) is 6.61 Å². The molecule has 0 aliphatic carbocycles. The lowest BCUT2D eigenvalue weighted by atomic mass is 10.1. The van der Waals surface area contributed by atoms with Crippen LogP contribution in [0.1, 0.15) is 5.01 Å². The molecule has 0 aliphatic rings. The van der Waals surface area contributed by atoms with Gasteiger partial charge in [0.1, 0.15) is 17.4 Å². The number of rotatable bonds is 5. The van der Waals surface area contributed by atoms with E-state index in [2.05, 4.69) is 4.98 Å². The van der Waals surface area contributed by atoms with Crippen molar-refractivity contribution in [1.29, 1.82) is 0 Å². The lowest BCUT2D eigenvalue weighted by molar-refractivity contribution is 0.305. The Hall–Kier alpha value is -3.12. The number of hydrogen-bond acceptors (Lipinski definition) is 6. The van der Waals surface area contributed by atoms with Gasteiger partial charge >= 0.3 is 5.63 Å². The summed E-state index contributed by atoms with van der Waals surface area (Å²) in [7, 11) is 1.54. The predicted octanol–water partition coefficient (Wildman–Crippen LogP) is 4.50. The second-order valence-corrected chi connectivity index (χ2v) is 6.50. The summed E-state index contributed by atoms with van der Waals surface area (Å²) in [4.78, 5) is 16.9. The Morgan fingerprint density at radius 1 is 1.12 bits per heavy atom. The van der Waals surface area contributed by atoms with Crippen LogP contribution in [0.25, 0.3) is 22.2 Å². The Kier molecular flexibility index (Phi) is 4.41. The summed E-state index contributed by atoms with van der Waals surface area (Å²) >= 11 is 1.44. The van der Waals surface area contributed by atoms with Gasteiger partial charge in [-0.1, -0.05) is 30.3 Å². The minimum atomic E-state index is -0.442. The van der Waals surface area contributed by atoms with Crippen molar-refractivity contribution in [1.82, 2.24) is 4.98 Å². The summed E-state index contributed by atoms with van der Waals surface area (Å²) < 4.78 is 16.4. The van der Waals surface area contributed by atoms with E-state index in [1.807, 2.05) is 47.8 Å². The molecular weight excluding hydrogens is 350 g/mol.